The quantitative estimate of drug-likeness (QED) is 0.824. The van der Waals surface area contributed by atoms with Crippen LogP contribution in [0.15, 0.2) is 48.5 Å². The molecule has 5 heteroatoms. The van der Waals surface area contributed by atoms with Gasteiger partial charge in [-0.15, -0.1) is 0 Å². The number of nitrogens with one attached hydrogen (secondary N) is 1. The number of hydrogen-bond donors (Lipinski definition) is 1. The lowest BCUT2D eigenvalue weighted by Gasteiger charge is -2.15. The number of anilines is 1. The number of carbonyl (C=O) groups is 2. The summed E-state index contributed by atoms with van der Waals surface area (Å²) in [5.41, 5.74) is 2.16. The van der Waals surface area contributed by atoms with Gasteiger partial charge in [0.2, 0.25) is 0 Å². The topological polar surface area (TPSA) is 64.6 Å². The number of hydrogen-bond acceptors (Lipinski definition) is 4. The van der Waals surface area contributed by atoms with Crippen molar-refractivity contribution in [3.05, 3.63) is 59.7 Å². The van der Waals surface area contributed by atoms with Gasteiger partial charge in [0.15, 0.2) is 6.10 Å². The smallest absolute Gasteiger partial charge is 0.338 e. The Labute approximate surface area is 141 Å². The van der Waals surface area contributed by atoms with Crippen molar-refractivity contribution in [3.63, 3.8) is 0 Å². The molecule has 0 radical (unpaired) electrons. The molecule has 0 aliphatic heterocycles. The van der Waals surface area contributed by atoms with E-state index in [1.165, 1.54) is 0 Å². The fourth-order valence-electron chi connectivity index (χ4n) is 2.02. The molecule has 1 N–H and O–H groups in total. The summed E-state index contributed by atoms with van der Waals surface area (Å²) in [6.45, 7) is 5.75. The fraction of sp³-hybridized carbons (Fsp3) is 0.263. The maximum atomic E-state index is 12.2. The van der Waals surface area contributed by atoms with Gasteiger partial charge in [0, 0.05) is 5.69 Å². The lowest BCUT2D eigenvalue weighted by Crippen LogP contribution is -2.30. The van der Waals surface area contributed by atoms with E-state index in [-0.39, 0.29) is 11.9 Å². The van der Waals surface area contributed by atoms with Crippen molar-refractivity contribution < 1.29 is 19.1 Å². The van der Waals surface area contributed by atoms with Crippen molar-refractivity contribution in [2.45, 2.75) is 26.9 Å². The molecule has 0 saturated carbocycles. The van der Waals surface area contributed by atoms with E-state index in [9.17, 15) is 9.59 Å². The van der Waals surface area contributed by atoms with Crippen LogP contribution in [0.4, 0.5) is 5.69 Å². The normalized spacial score (nSPS) is 11.5. The molecule has 126 valence electrons. The summed E-state index contributed by atoms with van der Waals surface area (Å²) >= 11 is 0. The van der Waals surface area contributed by atoms with Crippen LogP contribution in [0.1, 0.15) is 29.8 Å². The van der Waals surface area contributed by atoms with Gasteiger partial charge in [-0.25, -0.2) is 4.79 Å². The number of esters is 1. The molecular formula is C19H21NO4. The summed E-state index contributed by atoms with van der Waals surface area (Å²) in [6.07, 6.45) is -0.641. The lowest BCUT2D eigenvalue weighted by molar-refractivity contribution is -0.122. The minimum Gasteiger partial charge on any atom is -0.481 e. The molecule has 2 aromatic rings. The van der Waals surface area contributed by atoms with Crippen LogP contribution >= 0.6 is 0 Å². The van der Waals surface area contributed by atoms with Gasteiger partial charge in [-0.1, -0.05) is 17.7 Å². The van der Waals surface area contributed by atoms with Gasteiger partial charge in [0.05, 0.1) is 12.2 Å². The zero-order chi connectivity index (χ0) is 17.5. The van der Waals surface area contributed by atoms with E-state index in [4.69, 9.17) is 9.47 Å². The van der Waals surface area contributed by atoms with Crippen molar-refractivity contribution in [2.24, 2.45) is 0 Å². The standard InChI is InChI=1S/C19H21NO4/c1-4-23-19(22)15-7-9-16(10-8-15)20-18(21)14(3)24-17-11-5-13(2)6-12-17/h5-12,14H,4H2,1-3H3,(H,20,21)/t14-/m1/s1. The Morgan fingerprint density at radius 2 is 1.67 bits per heavy atom. The van der Waals surface area contributed by atoms with Gasteiger partial charge in [0.25, 0.3) is 5.91 Å². The van der Waals surface area contributed by atoms with E-state index in [1.54, 1.807) is 38.1 Å². The molecule has 1 atom stereocenters. The third-order valence-electron chi connectivity index (χ3n) is 3.37. The average Bonchev–Trinajstić information content (AvgIpc) is 2.57. The maximum absolute atomic E-state index is 12.2. The summed E-state index contributed by atoms with van der Waals surface area (Å²) < 4.78 is 10.5. The predicted octanol–water partition coefficient (Wildman–Crippen LogP) is 3.58. The van der Waals surface area contributed by atoms with Crippen molar-refractivity contribution in [3.8, 4) is 5.75 Å². The minimum atomic E-state index is -0.641. The molecule has 0 heterocycles. The van der Waals surface area contributed by atoms with Crippen LogP contribution < -0.4 is 10.1 Å². The molecule has 24 heavy (non-hydrogen) atoms. The Morgan fingerprint density at radius 3 is 2.25 bits per heavy atom. The monoisotopic (exact) mass is 327 g/mol. The third-order valence-corrected chi connectivity index (χ3v) is 3.37. The summed E-state index contributed by atoms with van der Waals surface area (Å²) in [4.78, 5) is 23.8. The second-order valence-electron chi connectivity index (χ2n) is 5.36. The van der Waals surface area contributed by atoms with Crippen molar-refractivity contribution in [1.29, 1.82) is 0 Å². The first-order chi connectivity index (χ1) is 11.5. The Morgan fingerprint density at radius 1 is 1.04 bits per heavy atom. The van der Waals surface area contributed by atoms with Gasteiger partial charge < -0.3 is 14.8 Å². The van der Waals surface area contributed by atoms with E-state index >= 15 is 0 Å². The molecule has 2 aromatic carbocycles. The molecule has 2 rings (SSSR count). The van der Waals surface area contributed by atoms with Crippen LogP contribution in [0.5, 0.6) is 5.75 Å². The first kappa shape index (κ1) is 17.5. The molecule has 0 aliphatic carbocycles. The highest BCUT2D eigenvalue weighted by Gasteiger charge is 2.15. The van der Waals surface area contributed by atoms with Crippen LogP contribution in [0.3, 0.4) is 0 Å². The second-order valence-corrected chi connectivity index (χ2v) is 5.36. The zero-order valence-corrected chi connectivity index (χ0v) is 14.0. The van der Waals surface area contributed by atoms with Gasteiger partial charge in [-0.3, -0.25) is 4.79 Å². The highest BCUT2D eigenvalue weighted by molar-refractivity contribution is 5.95. The molecule has 0 aliphatic rings. The first-order valence-electron chi connectivity index (χ1n) is 7.81. The highest BCUT2D eigenvalue weighted by atomic mass is 16.5. The van der Waals surface area contributed by atoms with Crippen molar-refractivity contribution >= 4 is 17.6 Å². The first-order valence-corrected chi connectivity index (χ1v) is 7.81. The molecule has 0 bridgehead atoms. The number of ether oxygens (including phenoxy) is 2. The molecular weight excluding hydrogens is 306 g/mol. The molecule has 0 spiro atoms. The lowest BCUT2D eigenvalue weighted by atomic mass is 10.2. The molecule has 0 fully saturated rings. The van der Waals surface area contributed by atoms with Crippen LogP contribution in [0.2, 0.25) is 0 Å². The van der Waals surface area contributed by atoms with Gasteiger partial charge in [-0.2, -0.15) is 0 Å². The maximum Gasteiger partial charge on any atom is 0.338 e. The Bertz CT molecular complexity index is 692. The molecule has 0 saturated heterocycles. The Hall–Kier alpha value is -2.82. The second kappa shape index (κ2) is 8.15. The Balaban J connectivity index is 1.93. The van der Waals surface area contributed by atoms with Crippen LogP contribution in [0.25, 0.3) is 0 Å². The fourth-order valence-corrected chi connectivity index (χ4v) is 2.02. The summed E-state index contributed by atoms with van der Waals surface area (Å²) in [7, 11) is 0. The summed E-state index contributed by atoms with van der Waals surface area (Å²) in [6, 6.07) is 14.0. The van der Waals surface area contributed by atoms with E-state index < -0.39 is 6.10 Å². The van der Waals surface area contributed by atoms with Gasteiger partial charge in [-0.05, 0) is 57.2 Å². The van der Waals surface area contributed by atoms with E-state index in [0.717, 1.165) is 5.56 Å². The van der Waals surface area contributed by atoms with Crippen LogP contribution in [-0.2, 0) is 9.53 Å². The van der Waals surface area contributed by atoms with Crippen LogP contribution in [0, 0.1) is 6.92 Å². The third kappa shape index (κ3) is 4.84. The van der Waals surface area contributed by atoms with Gasteiger partial charge >= 0.3 is 5.97 Å². The number of rotatable bonds is 6. The predicted molar refractivity (Wildman–Crippen MR) is 92.3 cm³/mol. The summed E-state index contributed by atoms with van der Waals surface area (Å²) in [5, 5.41) is 2.76. The Kier molecular flexibility index (Phi) is 5.95. The van der Waals surface area contributed by atoms with Crippen molar-refractivity contribution in [2.75, 3.05) is 11.9 Å². The van der Waals surface area contributed by atoms with E-state index in [0.29, 0.717) is 23.6 Å². The number of benzene rings is 2. The van der Waals surface area contributed by atoms with Gasteiger partial charge in [0.1, 0.15) is 5.75 Å². The molecule has 0 unspecified atom stereocenters. The summed E-state index contributed by atoms with van der Waals surface area (Å²) in [5.74, 6) is -0.00758. The van der Waals surface area contributed by atoms with E-state index in [1.807, 2.05) is 31.2 Å². The number of amides is 1. The molecule has 1 amide bonds. The van der Waals surface area contributed by atoms with Crippen molar-refractivity contribution in [1.82, 2.24) is 0 Å². The number of aryl methyl sites for hydroxylation is 1. The average molecular weight is 327 g/mol. The molecule has 0 aromatic heterocycles. The SMILES string of the molecule is CCOC(=O)c1ccc(NC(=O)[C@@H](C)Oc2ccc(C)cc2)cc1. The molecule has 5 nitrogen and oxygen atoms in total. The van der Waals surface area contributed by atoms with Crippen LogP contribution in [-0.4, -0.2) is 24.6 Å². The largest absolute Gasteiger partial charge is 0.481 e. The minimum absolute atomic E-state index is 0.264. The van der Waals surface area contributed by atoms with E-state index in [2.05, 4.69) is 5.32 Å². The number of carbonyl (C=O) groups excluding carboxylic acids is 2. The highest BCUT2D eigenvalue weighted by Crippen LogP contribution is 2.15. The zero-order valence-electron chi connectivity index (χ0n) is 14.0.